The van der Waals surface area contributed by atoms with Crippen molar-refractivity contribution in [1.82, 2.24) is 15.1 Å². The SMILES string of the molecule is CCNC1CCN(C2CCCN(C)C2)C(C)C1C. The Kier molecular flexibility index (Phi) is 5.05. The fraction of sp³-hybridized carbons (Fsp3) is 1.00. The van der Waals surface area contributed by atoms with Gasteiger partial charge in [0.2, 0.25) is 0 Å². The van der Waals surface area contributed by atoms with Crippen molar-refractivity contribution in [2.45, 2.75) is 58.2 Å². The molecule has 2 aliphatic heterocycles. The minimum Gasteiger partial charge on any atom is -0.314 e. The Balaban J connectivity index is 1.94. The molecule has 0 aromatic rings. The molecule has 2 rings (SSSR count). The monoisotopic (exact) mass is 253 g/mol. The fourth-order valence-electron chi connectivity index (χ4n) is 3.87. The van der Waals surface area contributed by atoms with Gasteiger partial charge in [-0.1, -0.05) is 13.8 Å². The van der Waals surface area contributed by atoms with Crippen molar-refractivity contribution in [2.24, 2.45) is 5.92 Å². The van der Waals surface area contributed by atoms with Crippen molar-refractivity contribution < 1.29 is 0 Å². The van der Waals surface area contributed by atoms with Gasteiger partial charge in [0, 0.05) is 31.2 Å². The summed E-state index contributed by atoms with van der Waals surface area (Å²) in [5.41, 5.74) is 0. The molecule has 0 aromatic carbocycles. The summed E-state index contributed by atoms with van der Waals surface area (Å²) >= 11 is 0. The van der Waals surface area contributed by atoms with Crippen molar-refractivity contribution in [3.05, 3.63) is 0 Å². The van der Waals surface area contributed by atoms with Crippen LogP contribution < -0.4 is 5.32 Å². The number of nitrogens with one attached hydrogen (secondary N) is 1. The summed E-state index contributed by atoms with van der Waals surface area (Å²) in [6.07, 6.45) is 4.09. The fourth-order valence-corrected chi connectivity index (χ4v) is 3.87. The molecule has 1 N–H and O–H groups in total. The van der Waals surface area contributed by atoms with E-state index in [1.807, 2.05) is 0 Å². The van der Waals surface area contributed by atoms with E-state index < -0.39 is 0 Å². The summed E-state index contributed by atoms with van der Waals surface area (Å²) in [6, 6.07) is 2.24. The van der Waals surface area contributed by atoms with Gasteiger partial charge in [-0.3, -0.25) is 4.90 Å². The molecule has 3 heteroatoms. The van der Waals surface area contributed by atoms with E-state index in [0.717, 1.165) is 30.6 Å². The highest BCUT2D eigenvalue weighted by Gasteiger charge is 2.36. The highest BCUT2D eigenvalue weighted by molar-refractivity contribution is 4.93. The van der Waals surface area contributed by atoms with E-state index in [-0.39, 0.29) is 0 Å². The maximum absolute atomic E-state index is 3.66. The molecule has 0 aliphatic carbocycles. The van der Waals surface area contributed by atoms with Gasteiger partial charge in [-0.25, -0.2) is 0 Å². The number of hydrogen-bond donors (Lipinski definition) is 1. The van der Waals surface area contributed by atoms with Crippen molar-refractivity contribution in [2.75, 3.05) is 33.2 Å². The topological polar surface area (TPSA) is 18.5 Å². The molecule has 2 fully saturated rings. The molecule has 4 atom stereocenters. The van der Waals surface area contributed by atoms with E-state index >= 15 is 0 Å². The number of likely N-dealkylation sites (N-methyl/N-ethyl adjacent to an activating group) is 1. The molecule has 2 heterocycles. The van der Waals surface area contributed by atoms with Crippen LogP contribution in [0.1, 0.15) is 40.0 Å². The molecular formula is C15H31N3. The van der Waals surface area contributed by atoms with E-state index in [2.05, 4.69) is 42.9 Å². The average Bonchev–Trinajstić information content (AvgIpc) is 2.35. The minimum absolute atomic E-state index is 0.722. The molecule has 4 unspecified atom stereocenters. The number of likely N-dealkylation sites (tertiary alicyclic amines) is 2. The van der Waals surface area contributed by atoms with Crippen LogP contribution in [-0.2, 0) is 0 Å². The van der Waals surface area contributed by atoms with E-state index in [1.165, 1.54) is 38.9 Å². The maximum Gasteiger partial charge on any atom is 0.0226 e. The molecule has 0 spiro atoms. The first-order valence-corrected chi connectivity index (χ1v) is 7.81. The lowest BCUT2D eigenvalue weighted by Gasteiger charge is -2.48. The van der Waals surface area contributed by atoms with Gasteiger partial charge in [-0.05, 0) is 52.2 Å². The zero-order valence-corrected chi connectivity index (χ0v) is 12.7. The highest BCUT2D eigenvalue weighted by Crippen LogP contribution is 2.28. The summed E-state index contributed by atoms with van der Waals surface area (Å²) in [7, 11) is 2.27. The average molecular weight is 253 g/mol. The van der Waals surface area contributed by atoms with Gasteiger partial charge in [0.15, 0.2) is 0 Å². The van der Waals surface area contributed by atoms with E-state index in [1.54, 1.807) is 0 Å². The summed E-state index contributed by atoms with van der Waals surface area (Å²) in [5, 5.41) is 3.66. The molecule has 106 valence electrons. The molecule has 2 saturated heterocycles. The van der Waals surface area contributed by atoms with Gasteiger partial charge in [0.1, 0.15) is 0 Å². The lowest BCUT2D eigenvalue weighted by molar-refractivity contribution is 0.0183. The lowest BCUT2D eigenvalue weighted by Crippen LogP contribution is -2.59. The summed E-state index contributed by atoms with van der Waals surface area (Å²) < 4.78 is 0. The van der Waals surface area contributed by atoms with Crippen molar-refractivity contribution >= 4 is 0 Å². The van der Waals surface area contributed by atoms with Crippen LogP contribution in [-0.4, -0.2) is 61.2 Å². The van der Waals surface area contributed by atoms with Gasteiger partial charge in [0.25, 0.3) is 0 Å². The van der Waals surface area contributed by atoms with E-state index in [4.69, 9.17) is 0 Å². The van der Waals surface area contributed by atoms with Crippen LogP contribution in [0.2, 0.25) is 0 Å². The molecule has 0 aromatic heterocycles. The third kappa shape index (κ3) is 3.06. The Labute approximate surface area is 113 Å². The molecule has 18 heavy (non-hydrogen) atoms. The lowest BCUT2D eigenvalue weighted by atomic mass is 9.85. The number of rotatable bonds is 3. The van der Waals surface area contributed by atoms with Gasteiger partial charge in [-0.2, -0.15) is 0 Å². The molecule has 0 amide bonds. The van der Waals surface area contributed by atoms with Gasteiger partial charge in [0.05, 0.1) is 0 Å². The minimum atomic E-state index is 0.722. The Morgan fingerprint density at radius 3 is 2.61 bits per heavy atom. The predicted octanol–water partition coefficient (Wildman–Crippen LogP) is 1.79. The molecule has 3 nitrogen and oxygen atoms in total. The maximum atomic E-state index is 3.66. The van der Waals surface area contributed by atoms with Crippen LogP contribution in [0.5, 0.6) is 0 Å². The first kappa shape index (κ1) is 14.3. The summed E-state index contributed by atoms with van der Waals surface area (Å²) in [5.74, 6) is 0.769. The number of piperidine rings is 2. The van der Waals surface area contributed by atoms with Crippen LogP contribution in [0, 0.1) is 5.92 Å². The zero-order valence-electron chi connectivity index (χ0n) is 12.7. The normalized spacial score (nSPS) is 40.0. The molecule has 0 bridgehead atoms. The highest BCUT2D eigenvalue weighted by atomic mass is 15.3. The van der Waals surface area contributed by atoms with Gasteiger partial charge < -0.3 is 10.2 Å². The first-order chi connectivity index (χ1) is 8.63. The Morgan fingerprint density at radius 1 is 1.17 bits per heavy atom. The molecular weight excluding hydrogens is 222 g/mol. The third-order valence-corrected chi connectivity index (χ3v) is 5.15. The van der Waals surface area contributed by atoms with Crippen LogP contribution in [0.15, 0.2) is 0 Å². The summed E-state index contributed by atoms with van der Waals surface area (Å²) in [6.45, 7) is 12.0. The molecule has 0 radical (unpaired) electrons. The van der Waals surface area contributed by atoms with Crippen molar-refractivity contribution in [1.29, 1.82) is 0 Å². The first-order valence-electron chi connectivity index (χ1n) is 7.81. The van der Waals surface area contributed by atoms with E-state index in [0.29, 0.717) is 0 Å². The van der Waals surface area contributed by atoms with E-state index in [9.17, 15) is 0 Å². The van der Waals surface area contributed by atoms with Crippen LogP contribution in [0.4, 0.5) is 0 Å². The second-order valence-electron chi connectivity index (χ2n) is 6.35. The smallest absolute Gasteiger partial charge is 0.0226 e. The van der Waals surface area contributed by atoms with Crippen molar-refractivity contribution in [3.63, 3.8) is 0 Å². The Hall–Kier alpha value is -0.120. The number of nitrogens with zero attached hydrogens (tertiary/aromatic N) is 2. The predicted molar refractivity (Wildman–Crippen MR) is 77.9 cm³/mol. The Morgan fingerprint density at radius 2 is 1.94 bits per heavy atom. The van der Waals surface area contributed by atoms with Gasteiger partial charge >= 0.3 is 0 Å². The zero-order chi connectivity index (χ0) is 13.1. The largest absolute Gasteiger partial charge is 0.314 e. The number of hydrogen-bond acceptors (Lipinski definition) is 3. The van der Waals surface area contributed by atoms with Crippen LogP contribution in [0.3, 0.4) is 0 Å². The molecule has 2 aliphatic rings. The third-order valence-electron chi connectivity index (χ3n) is 5.15. The van der Waals surface area contributed by atoms with Crippen molar-refractivity contribution in [3.8, 4) is 0 Å². The second kappa shape index (κ2) is 6.36. The summed E-state index contributed by atoms with van der Waals surface area (Å²) in [4.78, 5) is 5.29. The Bertz CT molecular complexity index is 256. The standard InChI is InChI=1S/C15H31N3/c1-5-16-15-8-10-18(13(3)12(15)2)14-7-6-9-17(4)11-14/h12-16H,5-11H2,1-4H3. The second-order valence-corrected chi connectivity index (χ2v) is 6.35. The molecule has 0 saturated carbocycles. The van der Waals surface area contributed by atoms with Crippen LogP contribution in [0.25, 0.3) is 0 Å². The van der Waals surface area contributed by atoms with Gasteiger partial charge in [-0.15, -0.1) is 0 Å². The quantitative estimate of drug-likeness (QED) is 0.827. The van der Waals surface area contributed by atoms with Crippen LogP contribution >= 0.6 is 0 Å².